The van der Waals surface area contributed by atoms with E-state index in [0.717, 1.165) is 59.7 Å². The first-order chi connectivity index (χ1) is 16.5. The van der Waals surface area contributed by atoms with Crippen LogP contribution in [0.1, 0.15) is 56.4 Å². The molecule has 1 aliphatic heterocycles. The molecular weight excluding hydrogens is 444 g/mol. The van der Waals surface area contributed by atoms with Crippen LogP contribution in [-0.4, -0.2) is 24.2 Å². The van der Waals surface area contributed by atoms with Crippen molar-refractivity contribution in [2.45, 2.75) is 50.8 Å². The van der Waals surface area contributed by atoms with Crippen LogP contribution in [-0.2, 0) is 9.59 Å². The maximum atomic E-state index is 13.4. The largest absolute Gasteiger partial charge is 0.492 e. The average Bonchev–Trinajstić information content (AvgIpc) is 3.20. The number of carbonyl (C=O) groups excluding carboxylic acids is 2. The number of carbonyl (C=O) groups is 2. The van der Waals surface area contributed by atoms with Gasteiger partial charge in [-0.2, -0.15) is 0 Å². The summed E-state index contributed by atoms with van der Waals surface area (Å²) >= 11 is 1.63. The molecule has 0 aromatic heterocycles. The highest BCUT2D eigenvalue weighted by Gasteiger charge is 2.54. The van der Waals surface area contributed by atoms with Crippen molar-refractivity contribution in [3.8, 4) is 5.75 Å². The van der Waals surface area contributed by atoms with E-state index in [-0.39, 0.29) is 22.6 Å². The normalized spacial score (nSPS) is 31.7. The summed E-state index contributed by atoms with van der Waals surface area (Å²) < 4.78 is 5.79. The zero-order valence-electron chi connectivity index (χ0n) is 19.7. The number of hydrogen-bond acceptors (Lipinski definition) is 4. The summed E-state index contributed by atoms with van der Waals surface area (Å²) in [5, 5.41) is 3.14. The molecule has 34 heavy (non-hydrogen) atoms. The van der Waals surface area contributed by atoms with Gasteiger partial charge in [-0.05, 0) is 93.0 Å². The Morgan fingerprint density at radius 1 is 1.03 bits per heavy atom. The SMILES string of the molecule is CCOc1ccccc1N1C(=O)CSC1c1ccc(NC(=O)C23CC4CC(CC(C4)C2)C3)cc1. The molecule has 1 unspecified atom stereocenters. The van der Waals surface area contributed by atoms with Crippen LogP contribution in [0.25, 0.3) is 0 Å². The number of ether oxygens (including phenoxy) is 1. The van der Waals surface area contributed by atoms with Crippen LogP contribution in [0, 0.1) is 23.2 Å². The lowest BCUT2D eigenvalue weighted by atomic mass is 9.49. The van der Waals surface area contributed by atoms with Crippen molar-refractivity contribution in [3.63, 3.8) is 0 Å². The van der Waals surface area contributed by atoms with Gasteiger partial charge in [0.1, 0.15) is 11.1 Å². The minimum absolute atomic E-state index is 0.0846. The highest BCUT2D eigenvalue weighted by molar-refractivity contribution is 8.00. The van der Waals surface area contributed by atoms with Gasteiger partial charge in [0.05, 0.1) is 23.5 Å². The van der Waals surface area contributed by atoms with Crippen molar-refractivity contribution in [2.75, 3.05) is 22.6 Å². The lowest BCUT2D eigenvalue weighted by molar-refractivity contribution is -0.140. The fourth-order valence-electron chi connectivity index (χ4n) is 7.25. The molecule has 1 N–H and O–H groups in total. The molecule has 2 aromatic carbocycles. The van der Waals surface area contributed by atoms with Crippen LogP contribution in [0.2, 0.25) is 0 Å². The predicted octanol–water partition coefficient (Wildman–Crippen LogP) is 6.02. The van der Waals surface area contributed by atoms with Gasteiger partial charge >= 0.3 is 0 Å². The summed E-state index contributed by atoms with van der Waals surface area (Å²) in [4.78, 5) is 28.1. The van der Waals surface area contributed by atoms with Gasteiger partial charge in [-0.15, -0.1) is 11.8 Å². The van der Waals surface area contributed by atoms with Gasteiger partial charge in [-0.1, -0.05) is 24.3 Å². The smallest absolute Gasteiger partial charge is 0.238 e. The first-order valence-electron chi connectivity index (χ1n) is 12.6. The topological polar surface area (TPSA) is 58.6 Å². The number of nitrogens with one attached hydrogen (secondary N) is 1. The molecule has 1 saturated heterocycles. The fourth-order valence-corrected chi connectivity index (χ4v) is 8.42. The number of rotatable bonds is 6. The zero-order valence-corrected chi connectivity index (χ0v) is 20.5. The minimum Gasteiger partial charge on any atom is -0.492 e. The van der Waals surface area contributed by atoms with Crippen molar-refractivity contribution in [3.05, 3.63) is 54.1 Å². The van der Waals surface area contributed by atoms with Crippen LogP contribution in [0.4, 0.5) is 11.4 Å². The first-order valence-corrected chi connectivity index (χ1v) is 13.7. The first kappa shape index (κ1) is 22.0. The summed E-state index contributed by atoms with van der Waals surface area (Å²) in [6.07, 6.45) is 7.21. The van der Waals surface area contributed by atoms with Gasteiger partial charge in [-0.25, -0.2) is 0 Å². The number of amides is 2. The molecule has 7 rings (SSSR count). The van der Waals surface area contributed by atoms with E-state index in [1.807, 2.05) is 60.4 Å². The van der Waals surface area contributed by atoms with Gasteiger partial charge in [-0.3, -0.25) is 14.5 Å². The second kappa shape index (κ2) is 8.63. The summed E-state index contributed by atoms with van der Waals surface area (Å²) in [6, 6.07) is 15.8. The standard InChI is InChI=1S/C28H32N2O3S/c1-2-33-24-6-4-3-5-23(24)30-25(31)17-34-26(30)21-7-9-22(10-8-21)29-27(32)28-14-18-11-19(15-28)13-20(12-18)16-28/h3-10,18-20,26H,2,11-17H2,1H3,(H,29,32). The molecule has 5 nitrogen and oxygen atoms in total. The van der Waals surface area contributed by atoms with Crippen molar-refractivity contribution >= 4 is 35.0 Å². The van der Waals surface area contributed by atoms with Gasteiger partial charge in [0.2, 0.25) is 11.8 Å². The van der Waals surface area contributed by atoms with Gasteiger partial charge < -0.3 is 10.1 Å². The second-order valence-electron chi connectivity index (χ2n) is 10.6. The van der Waals surface area contributed by atoms with Crippen LogP contribution in [0.5, 0.6) is 5.75 Å². The van der Waals surface area contributed by atoms with E-state index in [4.69, 9.17) is 4.74 Å². The van der Waals surface area contributed by atoms with Gasteiger partial charge in [0.25, 0.3) is 0 Å². The van der Waals surface area contributed by atoms with Crippen LogP contribution in [0.15, 0.2) is 48.5 Å². The maximum absolute atomic E-state index is 13.4. The monoisotopic (exact) mass is 476 g/mol. The van der Waals surface area contributed by atoms with Crippen molar-refractivity contribution in [1.29, 1.82) is 0 Å². The quantitative estimate of drug-likeness (QED) is 0.554. The number of anilines is 2. The molecule has 5 fully saturated rings. The molecule has 5 aliphatic rings. The zero-order chi connectivity index (χ0) is 23.3. The van der Waals surface area contributed by atoms with E-state index in [0.29, 0.717) is 12.4 Å². The van der Waals surface area contributed by atoms with Crippen LogP contribution in [0.3, 0.4) is 0 Å². The van der Waals surface area contributed by atoms with E-state index >= 15 is 0 Å². The number of benzene rings is 2. The van der Waals surface area contributed by atoms with Gasteiger partial charge in [0.15, 0.2) is 0 Å². The molecular formula is C28H32N2O3S. The Morgan fingerprint density at radius 2 is 1.68 bits per heavy atom. The second-order valence-corrected chi connectivity index (χ2v) is 11.7. The van der Waals surface area contributed by atoms with E-state index < -0.39 is 0 Å². The van der Waals surface area contributed by atoms with E-state index in [2.05, 4.69) is 5.32 Å². The molecule has 2 amide bonds. The molecule has 178 valence electrons. The minimum atomic E-state index is -0.152. The Balaban J connectivity index is 1.19. The summed E-state index contributed by atoms with van der Waals surface area (Å²) in [7, 11) is 0. The Labute approximate surface area is 205 Å². The summed E-state index contributed by atoms with van der Waals surface area (Å²) in [6.45, 7) is 2.50. The number of para-hydroxylation sites is 2. The van der Waals surface area contributed by atoms with Crippen molar-refractivity contribution in [2.24, 2.45) is 23.2 Å². The molecule has 0 spiro atoms. The average molecular weight is 477 g/mol. The van der Waals surface area contributed by atoms with E-state index in [1.54, 1.807) is 11.8 Å². The number of hydrogen-bond donors (Lipinski definition) is 1. The number of thioether (sulfide) groups is 1. The van der Waals surface area contributed by atoms with Crippen LogP contribution < -0.4 is 15.0 Å². The third-order valence-corrected chi connectivity index (χ3v) is 9.48. The summed E-state index contributed by atoms with van der Waals surface area (Å²) in [5.41, 5.74) is 2.56. The van der Waals surface area contributed by atoms with Crippen LogP contribution >= 0.6 is 11.8 Å². The van der Waals surface area contributed by atoms with Crippen molar-refractivity contribution < 1.29 is 14.3 Å². The molecule has 0 radical (unpaired) electrons. The lowest BCUT2D eigenvalue weighted by Crippen LogP contribution is -2.51. The molecule has 4 aliphatic carbocycles. The maximum Gasteiger partial charge on any atom is 0.238 e. The summed E-state index contributed by atoms with van der Waals surface area (Å²) in [5.74, 6) is 3.73. The highest BCUT2D eigenvalue weighted by Crippen LogP contribution is 2.60. The third kappa shape index (κ3) is 3.80. The van der Waals surface area contributed by atoms with E-state index in [1.165, 1.54) is 19.3 Å². The Hall–Kier alpha value is -2.47. The molecule has 2 aromatic rings. The molecule has 4 saturated carbocycles. The molecule has 1 heterocycles. The molecule has 1 atom stereocenters. The third-order valence-electron chi connectivity index (χ3n) is 8.27. The van der Waals surface area contributed by atoms with Crippen molar-refractivity contribution in [1.82, 2.24) is 0 Å². The fraction of sp³-hybridized carbons (Fsp3) is 0.500. The molecule has 4 bridgehead atoms. The Morgan fingerprint density at radius 3 is 2.32 bits per heavy atom. The Bertz CT molecular complexity index is 1060. The highest BCUT2D eigenvalue weighted by atomic mass is 32.2. The predicted molar refractivity (Wildman–Crippen MR) is 136 cm³/mol. The molecule has 6 heteroatoms. The lowest BCUT2D eigenvalue weighted by Gasteiger charge is -2.55. The Kier molecular flexibility index (Phi) is 5.59. The van der Waals surface area contributed by atoms with E-state index in [9.17, 15) is 9.59 Å². The van der Waals surface area contributed by atoms with Gasteiger partial charge in [0, 0.05) is 5.69 Å². The number of nitrogens with zero attached hydrogens (tertiary/aromatic N) is 1.